The highest BCUT2D eigenvalue weighted by Crippen LogP contribution is 2.15. The van der Waals surface area contributed by atoms with Crippen LogP contribution in [0.2, 0.25) is 0 Å². The van der Waals surface area contributed by atoms with Crippen molar-refractivity contribution < 1.29 is 8.81 Å². The average Bonchev–Trinajstić information content (AvgIpc) is 2.76. The largest absolute Gasteiger partial charge is 0.469 e. The number of benzene rings is 1. The minimum Gasteiger partial charge on any atom is -0.469 e. The third-order valence-electron chi connectivity index (χ3n) is 2.67. The molecule has 0 amide bonds. The smallest absolute Gasteiger partial charge is 0.128 e. The van der Waals surface area contributed by atoms with Crippen LogP contribution in [-0.2, 0) is 6.42 Å². The predicted octanol–water partition coefficient (Wildman–Crippen LogP) is 3.77. The van der Waals surface area contributed by atoms with E-state index in [2.05, 4.69) is 5.32 Å². The van der Waals surface area contributed by atoms with Gasteiger partial charge < -0.3 is 9.73 Å². The van der Waals surface area contributed by atoms with Crippen molar-refractivity contribution >= 4 is 5.69 Å². The lowest BCUT2D eigenvalue weighted by Crippen LogP contribution is -2.17. The number of anilines is 1. The van der Waals surface area contributed by atoms with Gasteiger partial charge in [-0.2, -0.15) is 0 Å². The summed E-state index contributed by atoms with van der Waals surface area (Å²) in [5, 5.41) is 3.25. The molecule has 1 N–H and O–H groups in total. The molecule has 0 aliphatic heterocycles. The molecule has 0 bridgehead atoms. The fourth-order valence-corrected chi connectivity index (χ4v) is 1.75. The van der Waals surface area contributed by atoms with Crippen LogP contribution in [0.1, 0.15) is 18.2 Å². The number of aryl methyl sites for hydroxylation is 1. The summed E-state index contributed by atoms with van der Waals surface area (Å²) < 4.78 is 18.6. The van der Waals surface area contributed by atoms with E-state index in [4.69, 9.17) is 4.42 Å². The number of hydrogen-bond donors (Lipinski definition) is 1. The van der Waals surface area contributed by atoms with Crippen LogP contribution in [0.25, 0.3) is 0 Å². The zero-order valence-corrected chi connectivity index (χ0v) is 10.0. The van der Waals surface area contributed by atoms with Crippen LogP contribution >= 0.6 is 0 Å². The highest BCUT2D eigenvalue weighted by Gasteiger charge is 2.06. The molecule has 0 spiro atoms. The van der Waals surface area contributed by atoms with Gasteiger partial charge in [-0.1, -0.05) is 6.07 Å². The summed E-state index contributed by atoms with van der Waals surface area (Å²) in [6.07, 6.45) is 2.44. The Kier molecular flexibility index (Phi) is 3.47. The van der Waals surface area contributed by atoms with E-state index >= 15 is 0 Å². The molecule has 3 heteroatoms. The Morgan fingerprint density at radius 1 is 1.35 bits per heavy atom. The first-order valence-electron chi connectivity index (χ1n) is 5.70. The molecule has 1 atom stereocenters. The summed E-state index contributed by atoms with van der Waals surface area (Å²) in [5.41, 5.74) is 1.46. The quantitative estimate of drug-likeness (QED) is 0.869. The number of rotatable bonds is 4. The van der Waals surface area contributed by atoms with Crippen molar-refractivity contribution in [2.24, 2.45) is 0 Å². The number of hydrogen-bond acceptors (Lipinski definition) is 2. The summed E-state index contributed by atoms with van der Waals surface area (Å²) in [5.74, 6) is 0.748. The summed E-state index contributed by atoms with van der Waals surface area (Å²) in [6.45, 7) is 3.80. The van der Waals surface area contributed by atoms with Crippen molar-refractivity contribution in [2.75, 3.05) is 5.32 Å². The molecular weight excluding hydrogens is 217 g/mol. The van der Waals surface area contributed by atoms with Crippen molar-refractivity contribution in [3.8, 4) is 0 Å². The lowest BCUT2D eigenvalue weighted by molar-refractivity contribution is 0.497. The van der Waals surface area contributed by atoms with Gasteiger partial charge in [0.15, 0.2) is 0 Å². The maximum Gasteiger partial charge on any atom is 0.128 e. The van der Waals surface area contributed by atoms with Gasteiger partial charge in [0, 0.05) is 18.2 Å². The van der Waals surface area contributed by atoms with Crippen molar-refractivity contribution in [3.05, 3.63) is 53.7 Å². The molecule has 1 heterocycles. The highest BCUT2D eigenvalue weighted by atomic mass is 19.1. The SMILES string of the molecule is Cc1ccc(NC(C)Cc2ccco2)cc1F. The Balaban J connectivity index is 1.98. The van der Waals surface area contributed by atoms with E-state index in [-0.39, 0.29) is 11.9 Å². The third kappa shape index (κ3) is 3.09. The van der Waals surface area contributed by atoms with Crippen molar-refractivity contribution in [1.82, 2.24) is 0 Å². The van der Waals surface area contributed by atoms with Crippen molar-refractivity contribution in [1.29, 1.82) is 0 Å². The van der Waals surface area contributed by atoms with E-state index in [0.29, 0.717) is 5.56 Å². The lowest BCUT2D eigenvalue weighted by Gasteiger charge is -2.14. The molecule has 0 saturated carbocycles. The van der Waals surface area contributed by atoms with Gasteiger partial charge in [0.2, 0.25) is 0 Å². The molecule has 1 unspecified atom stereocenters. The van der Waals surface area contributed by atoms with Gasteiger partial charge in [-0.3, -0.25) is 0 Å². The van der Waals surface area contributed by atoms with Gasteiger partial charge in [-0.15, -0.1) is 0 Å². The third-order valence-corrected chi connectivity index (χ3v) is 2.67. The van der Waals surface area contributed by atoms with Gasteiger partial charge in [-0.05, 0) is 43.7 Å². The molecule has 0 fully saturated rings. The molecular formula is C14H16FNO. The normalized spacial score (nSPS) is 12.4. The van der Waals surface area contributed by atoms with Crippen LogP contribution in [0.3, 0.4) is 0 Å². The fourth-order valence-electron chi connectivity index (χ4n) is 1.75. The number of nitrogens with one attached hydrogen (secondary N) is 1. The molecule has 0 radical (unpaired) electrons. The van der Waals surface area contributed by atoms with Crippen LogP contribution in [0.5, 0.6) is 0 Å². The molecule has 90 valence electrons. The van der Waals surface area contributed by atoms with Crippen LogP contribution in [-0.4, -0.2) is 6.04 Å². The molecule has 2 rings (SSSR count). The summed E-state index contributed by atoms with van der Waals surface area (Å²) in [4.78, 5) is 0. The Labute approximate surface area is 100 Å². The Bertz CT molecular complexity index is 479. The van der Waals surface area contributed by atoms with E-state index in [9.17, 15) is 4.39 Å². The van der Waals surface area contributed by atoms with Gasteiger partial charge in [0.1, 0.15) is 11.6 Å². The summed E-state index contributed by atoms with van der Waals surface area (Å²) in [6, 6.07) is 9.19. The zero-order chi connectivity index (χ0) is 12.3. The minimum absolute atomic E-state index is 0.180. The molecule has 2 nitrogen and oxygen atoms in total. The fraction of sp³-hybridized carbons (Fsp3) is 0.286. The number of halogens is 1. The summed E-state index contributed by atoms with van der Waals surface area (Å²) >= 11 is 0. The maximum atomic E-state index is 13.3. The van der Waals surface area contributed by atoms with E-state index in [1.165, 1.54) is 6.07 Å². The second-order valence-electron chi connectivity index (χ2n) is 4.29. The predicted molar refractivity (Wildman–Crippen MR) is 66.6 cm³/mol. The molecule has 0 aliphatic carbocycles. The van der Waals surface area contributed by atoms with Gasteiger partial charge >= 0.3 is 0 Å². The highest BCUT2D eigenvalue weighted by molar-refractivity contribution is 5.46. The first-order valence-corrected chi connectivity index (χ1v) is 5.70. The van der Waals surface area contributed by atoms with E-state index in [0.717, 1.165) is 17.9 Å². The van der Waals surface area contributed by atoms with Crippen molar-refractivity contribution in [2.45, 2.75) is 26.3 Å². The molecule has 0 saturated heterocycles. The minimum atomic E-state index is -0.180. The second kappa shape index (κ2) is 5.04. The average molecular weight is 233 g/mol. The molecule has 1 aromatic carbocycles. The van der Waals surface area contributed by atoms with Gasteiger partial charge in [0.05, 0.1) is 6.26 Å². The van der Waals surface area contributed by atoms with Crippen LogP contribution < -0.4 is 5.32 Å². The van der Waals surface area contributed by atoms with Crippen LogP contribution in [0.4, 0.5) is 10.1 Å². The van der Waals surface area contributed by atoms with Crippen molar-refractivity contribution in [3.63, 3.8) is 0 Å². The topological polar surface area (TPSA) is 25.2 Å². The monoisotopic (exact) mass is 233 g/mol. The van der Waals surface area contributed by atoms with Crippen LogP contribution in [0.15, 0.2) is 41.0 Å². The Morgan fingerprint density at radius 3 is 2.82 bits per heavy atom. The van der Waals surface area contributed by atoms with Gasteiger partial charge in [0.25, 0.3) is 0 Å². The maximum absolute atomic E-state index is 13.3. The first-order chi connectivity index (χ1) is 8.15. The number of furan rings is 1. The molecule has 2 aromatic rings. The summed E-state index contributed by atoms with van der Waals surface area (Å²) in [7, 11) is 0. The first kappa shape index (κ1) is 11.7. The lowest BCUT2D eigenvalue weighted by atomic mass is 10.1. The van der Waals surface area contributed by atoms with Crippen LogP contribution in [0, 0.1) is 12.7 Å². The molecule has 0 aliphatic rings. The Hall–Kier alpha value is -1.77. The Morgan fingerprint density at radius 2 is 2.18 bits per heavy atom. The van der Waals surface area contributed by atoms with Gasteiger partial charge in [-0.25, -0.2) is 4.39 Å². The van der Waals surface area contributed by atoms with E-state index in [1.54, 1.807) is 19.3 Å². The zero-order valence-electron chi connectivity index (χ0n) is 10.0. The van der Waals surface area contributed by atoms with E-state index < -0.39 is 0 Å². The standard InChI is InChI=1S/C14H16FNO/c1-10-5-6-12(9-14(10)15)16-11(2)8-13-4-3-7-17-13/h3-7,9,11,16H,8H2,1-2H3. The molecule has 1 aromatic heterocycles. The molecule has 17 heavy (non-hydrogen) atoms. The second-order valence-corrected chi connectivity index (χ2v) is 4.29. The van der Waals surface area contributed by atoms with E-state index in [1.807, 2.05) is 25.1 Å².